The summed E-state index contributed by atoms with van der Waals surface area (Å²) in [4.78, 5) is 11.0. The van der Waals surface area contributed by atoms with E-state index in [1.54, 1.807) is 0 Å². The number of carbonyl (C=O) groups excluding carboxylic acids is 1. The minimum atomic E-state index is -0.331. The molecule has 1 aliphatic carbocycles. The lowest BCUT2D eigenvalue weighted by Crippen LogP contribution is -2.29. The summed E-state index contributed by atoms with van der Waals surface area (Å²) >= 11 is 5.50. The summed E-state index contributed by atoms with van der Waals surface area (Å²) in [7, 11) is 0. The van der Waals surface area contributed by atoms with Crippen LogP contribution >= 0.6 is 11.6 Å². The molecule has 64 valence electrons. The van der Waals surface area contributed by atoms with Crippen LogP contribution in [0.5, 0.6) is 0 Å². The molecule has 1 nitrogen and oxygen atoms in total. The molecule has 0 N–H and O–H groups in total. The van der Waals surface area contributed by atoms with Gasteiger partial charge in [-0.25, -0.2) is 0 Å². The Balaban J connectivity index is 2.61. The van der Waals surface area contributed by atoms with Gasteiger partial charge in [-0.3, -0.25) is 4.79 Å². The molecule has 1 rings (SSSR count). The minimum absolute atomic E-state index is 0.197. The van der Waals surface area contributed by atoms with E-state index in [-0.39, 0.29) is 10.7 Å². The molecule has 1 fully saturated rings. The monoisotopic (exact) mass is 174 g/mol. The minimum Gasteiger partial charge on any atom is -0.281 e. The van der Waals surface area contributed by atoms with E-state index >= 15 is 0 Å². The zero-order chi connectivity index (χ0) is 8.65. The summed E-state index contributed by atoms with van der Waals surface area (Å²) in [5, 5.41) is -0.197. The number of rotatable bonds is 3. The topological polar surface area (TPSA) is 17.1 Å². The Hall–Kier alpha value is -0.0400. The van der Waals surface area contributed by atoms with E-state index in [2.05, 4.69) is 6.92 Å². The molecule has 1 atom stereocenters. The van der Waals surface area contributed by atoms with E-state index in [0.717, 1.165) is 5.92 Å². The van der Waals surface area contributed by atoms with Gasteiger partial charge in [0.05, 0.1) is 0 Å². The fourth-order valence-electron chi connectivity index (χ4n) is 1.36. The number of hydrogen-bond donors (Lipinski definition) is 0. The van der Waals surface area contributed by atoms with E-state index in [1.807, 2.05) is 13.8 Å². The first-order chi connectivity index (χ1) is 4.96. The molecule has 0 heterocycles. The van der Waals surface area contributed by atoms with Gasteiger partial charge in [-0.1, -0.05) is 20.8 Å². The quantitative estimate of drug-likeness (QED) is 0.602. The van der Waals surface area contributed by atoms with Crippen LogP contribution in [-0.4, -0.2) is 5.24 Å². The van der Waals surface area contributed by atoms with Crippen molar-refractivity contribution in [2.75, 3.05) is 0 Å². The Morgan fingerprint density at radius 2 is 2.00 bits per heavy atom. The molecular formula is C9H15ClO. The highest BCUT2D eigenvalue weighted by Gasteiger charge is 2.41. The molecule has 1 saturated carbocycles. The predicted octanol–water partition coefficient (Wildman–Crippen LogP) is 2.82. The maximum Gasteiger partial charge on any atom is 0.227 e. The molecule has 0 aromatic heterocycles. The molecule has 0 aromatic carbocycles. The first-order valence-corrected chi connectivity index (χ1v) is 4.54. The van der Waals surface area contributed by atoms with Crippen molar-refractivity contribution in [1.29, 1.82) is 0 Å². The lowest BCUT2D eigenvalue weighted by molar-refractivity contribution is -0.121. The predicted molar refractivity (Wildman–Crippen MR) is 46.5 cm³/mol. The molecule has 1 unspecified atom stereocenters. The largest absolute Gasteiger partial charge is 0.281 e. The molecule has 0 bridgehead atoms. The Kier molecular flexibility index (Phi) is 2.29. The summed E-state index contributed by atoms with van der Waals surface area (Å²) in [6, 6.07) is 0. The molecule has 2 heteroatoms. The van der Waals surface area contributed by atoms with Gasteiger partial charge >= 0.3 is 0 Å². The van der Waals surface area contributed by atoms with E-state index < -0.39 is 0 Å². The van der Waals surface area contributed by atoms with Crippen molar-refractivity contribution < 1.29 is 4.79 Å². The van der Waals surface area contributed by atoms with Gasteiger partial charge in [0.15, 0.2) is 0 Å². The number of hydrogen-bond acceptors (Lipinski definition) is 1. The molecule has 0 saturated heterocycles. The van der Waals surface area contributed by atoms with E-state index in [9.17, 15) is 4.79 Å². The van der Waals surface area contributed by atoms with Gasteiger partial charge in [0.2, 0.25) is 5.24 Å². The van der Waals surface area contributed by atoms with Crippen LogP contribution in [-0.2, 0) is 4.79 Å². The second-order valence-corrected chi connectivity index (χ2v) is 4.46. The lowest BCUT2D eigenvalue weighted by atomic mass is 9.78. The van der Waals surface area contributed by atoms with Crippen LogP contribution in [0.4, 0.5) is 0 Å². The Morgan fingerprint density at radius 1 is 1.55 bits per heavy atom. The van der Waals surface area contributed by atoms with Gasteiger partial charge in [-0.05, 0) is 36.3 Å². The average molecular weight is 175 g/mol. The van der Waals surface area contributed by atoms with Crippen molar-refractivity contribution in [3.63, 3.8) is 0 Å². The van der Waals surface area contributed by atoms with Crippen molar-refractivity contribution in [3.05, 3.63) is 0 Å². The van der Waals surface area contributed by atoms with Crippen LogP contribution in [0.2, 0.25) is 0 Å². The molecule has 11 heavy (non-hydrogen) atoms. The first-order valence-electron chi connectivity index (χ1n) is 4.16. The molecule has 0 aromatic rings. The van der Waals surface area contributed by atoms with Gasteiger partial charge < -0.3 is 0 Å². The SMILES string of the molecule is CC(C1CC1)C(C)(C)C(=O)Cl. The van der Waals surface area contributed by atoms with Crippen molar-refractivity contribution >= 4 is 16.8 Å². The average Bonchev–Trinajstić information content (AvgIpc) is 2.66. The fourth-order valence-corrected chi connectivity index (χ4v) is 1.54. The summed E-state index contributed by atoms with van der Waals surface area (Å²) < 4.78 is 0. The maximum atomic E-state index is 11.0. The van der Waals surface area contributed by atoms with Crippen molar-refractivity contribution in [1.82, 2.24) is 0 Å². The van der Waals surface area contributed by atoms with Crippen molar-refractivity contribution in [2.24, 2.45) is 17.3 Å². The molecule has 1 aliphatic rings. The second-order valence-electron chi connectivity index (χ2n) is 4.12. The molecule has 0 spiro atoms. The Bertz CT molecular complexity index is 170. The molecule has 0 radical (unpaired) electrons. The number of carbonyl (C=O) groups is 1. The zero-order valence-electron chi connectivity index (χ0n) is 7.36. The summed E-state index contributed by atoms with van der Waals surface area (Å²) in [6.07, 6.45) is 2.55. The third-order valence-electron chi connectivity index (χ3n) is 2.97. The van der Waals surface area contributed by atoms with Crippen molar-refractivity contribution in [2.45, 2.75) is 33.6 Å². The van der Waals surface area contributed by atoms with Crippen LogP contribution in [0, 0.1) is 17.3 Å². The van der Waals surface area contributed by atoms with Crippen LogP contribution in [0.1, 0.15) is 33.6 Å². The van der Waals surface area contributed by atoms with Crippen molar-refractivity contribution in [3.8, 4) is 0 Å². The highest BCUT2D eigenvalue weighted by atomic mass is 35.5. The number of halogens is 1. The van der Waals surface area contributed by atoms with E-state index in [1.165, 1.54) is 12.8 Å². The third kappa shape index (κ3) is 1.76. The molecule has 0 amide bonds. The lowest BCUT2D eigenvalue weighted by Gasteiger charge is -2.27. The third-order valence-corrected chi connectivity index (χ3v) is 3.46. The molecule has 0 aliphatic heterocycles. The first kappa shape index (κ1) is 9.05. The Labute approximate surface area is 73.1 Å². The van der Waals surface area contributed by atoms with Gasteiger partial charge in [-0.15, -0.1) is 0 Å². The highest BCUT2D eigenvalue weighted by molar-refractivity contribution is 6.64. The zero-order valence-corrected chi connectivity index (χ0v) is 8.11. The summed E-state index contributed by atoms with van der Waals surface area (Å²) in [6.45, 7) is 5.99. The van der Waals surface area contributed by atoms with Gasteiger partial charge in [0.1, 0.15) is 0 Å². The normalized spacial score (nSPS) is 21.5. The van der Waals surface area contributed by atoms with Gasteiger partial charge in [-0.2, -0.15) is 0 Å². The van der Waals surface area contributed by atoms with E-state index in [4.69, 9.17) is 11.6 Å². The smallest absolute Gasteiger partial charge is 0.227 e. The van der Waals surface area contributed by atoms with E-state index in [0.29, 0.717) is 5.92 Å². The van der Waals surface area contributed by atoms with Crippen LogP contribution in [0.15, 0.2) is 0 Å². The highest BCUT2D eigenvalue weighted by Crippen LogP contribution is 2.46. The summed E-state index contributed by atoms with van der Waals surface area (Å²) in [5.74, 6) is 1.18. The standard InChI is InChI=1S/C9H15ClO/c1-6(7-4-5-7)9(2,3)8(10)11/h6-7H,4-5H2,1-3H3. The summed E-state index contributed by atoms with van der Waals surface area (Å²) in [5.41, 5.74) is -0.331. The fraction of sp³-hybridized carbons (Fsp3) is 0.889. The van der Waals surface area contributed by atoms with Crippen LogP contribution in [0.25, 0.3) is 0 Å². The second kappa shape index (κ2) is 2.78. The maximum absolute atomic E-state index is 11.0. The van der Waals surface area contributed by atoms with Gasteiger partial charge in [0, 0.05) is 5.41 Å². The van der Waals surface area contributed by atoms with Gasteiger partial charge in [0.25, 0.3) is 0 Å². The molecular weight excluding hydrogens is 160 g/mol. The van der Waals surface area contributed by atoms with Crippen LogP contribution in [0.3, 0.4) is 0 Å². The Morgan fingerprint density at radius 3 is 2.27 bits per heavy atom. The van der Waals surface area contributed by atoms with Crippen LogP contribution < -0.4 is 0 Å².